The van der Waals surface area contributed by atoms with Gasteiger partial charge in [-0.1, -0.05) is 36.4 Å². The van der Waals surface area contributed by atoms with Gasteiger partial charge in [-0.3, -0.25) is 4.90 Å². The maximum absolute atomic E-state index is 10.3. The van der Waals surface area contributed by atoms with Crippen LogP contribution in [0.1, 0.15) is 19.4 Å². The molecule has 0 fully saturated rings. The first-order valence-corrected chi connectivity index (χ1v) is 8.20. The van der Waals surface area contributed by atoms with E-state index in [-0.39, 0.29) is 6.61 Å². The molecule has 1 atom stereocenters. The first-order valence-electron chi connectivity index (χ1n) is 8.20. The molecule has 5 nitrogen and oxygen atoms in total. The molecule has 0 spiro atoms. The molecule has 2 aromatic carbocycles. The Kier molecular flexibility index (Phi) is 6.46. The Morgan fingerprint density at radius 1 is 1.04 bits per heavy atom. The third-order valence-electron chi connectivity index (χ3n) is 3.94. The van der Waals surface area contributed by atoms with Crippen LogP contribution in [0.2, 0.25) is 0 Å². The second kappa shape index (κ2) is 8.57. The van der Waals surface area contributed by atoms with Crippen LogP contribution in [0.5, 0.6) is 5.75 Å². The first-order chi connectivity index (χ1) is 11.5. The van der Waals surface area contributed by atoms with E-state index in [1.165, 1.54) is 5.56 Å². The van der Waals surface area contributed by atoms with E-state index in [0.29, 0.717) is 29.7 Å². The van der Waals surface area contributed by atoms with Crippen molar-refractivity contribution in [1.82, 2.24) is 4.90 Å². The van der Waals surface area contributed by atoms with Crippen LogP contribution in [-0.2, 0) is 6.54 Å². The van der Waals surface area contributed by atoms with E-state index in [9.17, 15) is 5.11 Å². The Morgan fingerprint density at radius 2 is 1.75 bits per heavy atom. The van der Waals surface area contributed by atoms with Crippen molar-refractivity contribution in [2.45, 2.75) is 32.5 Å². The van der Waals surface area contributed by atoms with Crippen molar-refractivity contribution in [3.05, 3.63) is 54.1 Å². The molecule has 0 saturated heterocycles. The van der Waals surface area contributed by atoms with Crippen molar-refractivity contribution < 1.29 is 9.84 Å². The van der Waals surface area contributed by atoms with E-state index in [2.05, 4.69) is 30.9 Å². The van der Waals surface area contributed by atoms with E-state index in [1.54, 1.807) is 18.2 Å². The summed E-state index contributed by atoms with van der Waals surface area (Å²) in [5.74, 6) is 0.508. The molecule has 0 bridgehead atoms. The van der Waals surface area contributed by atoms with E-state index < -0.39 is 6.10 Å². The Bertz CT molecular complexity index is 632. The van der Waals surface area contributed by atoms with Gasteiger partial charge in [0.2, 0.25) is 0 Å². The van der Waals surface area contributed by atoms with Crippen molar-refractivity contribution in [3.8, 4) is 5.75 Å². The second-order valence-electron chi connectivity index (χ2n) is 6.23. The number of nitrogens with two attached hydrogens (primary N) is 2. The molecule has 0 saturated carbocycles. The second-order valence-corrected chi connectivity index (χ2v) is 6.23. The topological polar surface area (TPSA) is 84.7 Å². The highest BCUT2D eigenvalue weighted by atomic mass is 16.5. The molecule has 0 aliphatic carbocycles. The summed E-state index contributed by atoms with van der Waals surface area (Å²) in [6.45, 7) is 5.72. The van der Waals surface area contributed by atoms with Gasteiger partial charge in [-0.05, 0) is 31.5 Å². The lowest BCUT2D eigenvalue weighted by Gasteiger charge is -2.29. The number of nitrogens with zero attached hydrogens (tertiary/aromatic N) is 1. The molecule has 0 heterocycles. The van der Waals surface area contributed by atoms with Gasteiger partial charge in [0.15, 0.2) is 0 Å². The lowest BCUT2D eigenvalue weighted by atomic mass is 10.1. The van der Waals surface area contributed by atoms with Crippen LogP contribution in [0.15, 0.2) is 48.5 Å². The van der Waals surface area contributed by atoms with Crippen molar-refractivity contribution in [2.24, 2.45) is 0 Å². The van der Waals surface area contributed by atoms with Gasteiger partial charge in [0.05, 0.1) is 11.4 Å². The van der Waals surface area contributed by atoms with Crippen LogP contribution >= 0.6 is 0 Å². The smallest absolute Gasteiger partial charge is 0.144 e. The minimum atomic E-state index is -0.614. The van der Waals surface area contributed by atoms with Crippen LogP contribution < -0.4 is 16.2 Å². The fourth-order valence-electron chi connectivity index (χ4n) is 2.47. The number of aliphatic hydroxyl groups is 1. The highest BCUT2D eigenvalue weighted by Gasteiger charge is 2.16. The maximum Gasteiger partial charge on any atom is 0.144 e. The molecule has 2 rings (SSSR count). The number of aliphatic hydroxyl groups excluding tert-OH is 1. The zero-order valence-electron chi connectivity index (χ0n) is 14.4. The predicted octanol–water partition coefficient (Wildman–Crippen LogP) is 2.50. The molecule has 1 unspecified atom stereocenters. The normalized spacial score (nSPS) is 12.5. The standard InChI is InChI=1S/C19H27N3O2/c1-14(2)22(11-15-7-4-3-5-8-15)12-16(23)13-24-18-10-6-9-17(20)19(18)21/h3-10,14,16,23H,11-13,20-21H2,1-2H3. The summed E-state index contributed by atoms with van der Waals surface area (Å²) in [7, 11) is 0. The van der Waals surface area contributed by atoms with Gasteiger partial charge in [-0.25, -0.2) is 0 Å². The van der Waals surface area contributed by atoms with Gasteiger partial charge >= 0.3 is 0 Å². The predicted molar refractivity (Wildman–Crippen MR) is 98.8 cm³/mol. The number of rotatable bonds is 8. The monoisotopic (exact) mass is 329 g/mol. The summed E-state index contributed by atoms with van der Waals surface area (Å²) in [6, 6.07) is 15.8. The number of nitrogen functional groups attached to an aromatic ring is 2. The maximum atomic E-state index is 10.3. The van der Waals surface area contributed by atoms with Crippen molar-refractivity contribution in [1.29, 1.82) is 0 Å². The number of hydrogen-bond donors (Lipinski definition) is 3. The first kappa shape index (κ1) is 18.1. The zero-order valence-corrected chi connectivity index (χ0v) is 14.4. The molecular formula is C19H27N3O2. The summed E-state index contributed by atoms with van der Waals surface area (Å²) in [4.78, 5) is 2.21. The van der Waals surface area contributed by atoms with Gasteiger partial charge in [0.1, 0.15) is 18.5 Å². The van der Waals surface area contributed by atoms with E-state index in [1.807, 2.05) is 18.2 Å². The SMILES string of the molecule is CC(C)N(Cc1ccccc1)CC(O)COc1cccc(N)c1N. The number of ether oxygens (including phenoxy) is 1. The summed E-state index contributed by atoms with van der Waals surface area (Å²) >= 11 is 0. The Hall–Kier alpha value is -2.24. The summed E-state index contributed by atoms with van der Waals surface area (Å²) in [5.41, 5.74) is 13.8. The highest BCUT2D eigenvalue weighted by Crippen LogP contribution is 2.26. The third-order valence-corrected chi connectivity index (χ3v) is 3.94. The summed E-state index contributed by atoms with van der Waals surface area (Å²) < 4.78 is 5.63. The Labute approximate surface area is 143 Å². The average molecular weight is 329 g/mol. The molecule has 0 aliphatic heterocycles. The molecule has 130 valence electrons. The fraction of sp³-hybridized carbons (Fsp3) is 0.368. The molecule has 24 heavy (non-hydrogen) atoms. The fourth-order valence-corrected chi connectivity index (χ4v) is 2.47. The molecule has 0 aliphatic rings. The van der Waals surface area contributed by atoms with Crippen molar-refractivity contribution in [2.75, 3.05) is 24.6 Å². The number of hydrogen-bond acceptors (Lipinski definition) is 5. The lowest BCUT2D eigenvalue weighted by molar-refractivity contribution is 0.0545. The Balaban J connectivity index is 1.91. The van der Waals surface area contributed by atoms with Crippen LogP contribution in [0.4, 0.5) is 11.4 Å². The molecule has 0 aromatic heterocycles. The molecule has 5 N–H and O–H groups in total. The zero-order chi connectivity index (χ0) is 17.5. The van der Waals surface area contributed by atoms with Gasteiger partial charge in [-0.15, -0.1) is 0 Å². The van der Waals surface area contributed by atoms with E-state index in [0.717, 1.165) is 6.54 Å². The average Bonchev–Trinajstić information content (AvgIpc) is 2.56. The van der Waals surface area contributed by atoms with Crippen LogP contribution in [-0.4, -0.2) is 35.3 Å². The van der Waals surface area contributed by atoms with Gasteiger partial charge < -0.3 is 21.3 Å². The third kappa shape index (κ3) is 5.15. The molecule has 5 heteroatoms. The van der Waals surface area contributed by atoms with Gasteiger partial charge in [0, 0.05) is 19.1 Å². The van der Waals surface area contributed by atoms with Crippen LogP contribution in [0, 0.1) is 0 Å². The Morgan fingerprint density at radius 3 is 2.42 bits per heavy atom. The number of benzene rings is 2. The molecule has 0 radical (unpaired) electrons. The van der Waals surface area contributed by atoms with Gasteiger partial charge in [-0.2, -0.15) is 0 Å². The van der Waals surface area contributed by atoms with E-state index in [4.69, 9.17) is 16.2 Å². The van der Waals surface area contributed by atoms with Crippen molar-refractivity contribution >= 4 is 11.4 Å². The van der Waals surface area contributed by atoms with Crippen LogP contribution in [0.3, 0.4) is 0 Å². The molecule has 2 aromatic rings. The molecular weight excluding hydrogens is 302 g/mol. The highest BCUT2D eigenvalue weighted by molar-refractivity contribution is 5.70. The van der Waals surface area contributed by atoms with Crippen LogP contribution in [0.25, 0.3) is 0 Å². The summed E-state index contributed by atoms with van der Waals surface area (Å²) in [5, 5.41) is 10.3. The quantitative estimate of drug-likeness (QED) is 0.648. The minimum Gasteiger partial charge on any atom is -0.489 e. The van der Waals surface area contributed by atoms with E-state index >= 15 is 0 Å². The number of para-hydroxylation sites is 1. The lowest BCUT2D eigenvalue weighted by Crippen LogP contribution is -2.39. The summed E-state index contributed by atoms with van der Waals surface area (Å²) in [6.07, 6.45) is -0.614. The minimum absolute atomic E-state index is 0.172. The number of anilines is 2. The largest absolute Gasteiger partial charge is 0.489 e. The molecule has 0 amide bonds. The van der Waals surface area contributed by atoms with Crippen molar-refractivity contribution in [3.63, 3.8) is 0 Å². The van der Waals surface area contributed by atoms with Gasteiger partial charge in [0.25, 0.3) is 0 Å².